The largest absolute Gasteiger partial charge is 0.416 e. The molecule has 1 aliphatic heterocycles. The Balaban J connectivity index is 1.76. The summed E-state index contributed by atoms with van der Waals surface area (Å²) in [5.74, 6) is 0.904. The zero-order valence-corrected chi connectivity index (χ0v) is 14.2. The molecule has 0 radical (unpaired) electrons. The molecule has 8 heteroatoms. The molecule has 1 aromatic carbocycles. The highest BCUT2D eigenvalue weighted by atomic mass is 19.4. The Bertz CT molecular complexity index is 926. The number of hydrogen-bond donors (Lipinski definition) is 0. The van der Waals surface area contributed by atoms with E-state index in [0.717, 1.165) is 44.1 Å². The number of benzene rings is 1. The molecule has 0 amide bonds. The van der Waals surface area contributed by atoms with E-state index in [1.54, 1.807) is 23.0 Å². The molecule has 3 heterocycles. The molecule has 0 spiro atoms. The lowest BCUT2D eigenvalue weighted by Crippen LogP contribution is -2.45. The average molecular weight is 361 g/mol. The van der Waals surface area contributed by atoms with Gasteiger partial charge in [-0.2, -0.15) is 22.8 Å². The third kappa shape index (κ3) is 3.01. The van der Waals surface area contributed by atoms with Crippen molar-refractivity contribution >= 4 is 11.5 Å². The molecule has 0 atom stereocenters. The minimum absolute atomic E-state index is 0.456. The van der Waals surface area contributed by atoms with Gasteiger partial charge >= 0.3 is 6.18 Å². The number of hydrogen-bond acceptors (Lipinski definition) is 4. The number of piperazine rings is 1. The molecule has 1 saturated heterocycles. The van der Waals surface area contributed by atoms with Crippen molar-refractivity contribution in [1.29, 1.82) is 0 Å². The van der Waals surface area contributed by atoms with Gasteiger partial charge in [0.2, 0.25) is 0 Å². The molecule has 26 heavy (non-hydrogen) atoms. The first-order valence-electron chi connectivity index (χ1n) is 8.37. The Hall–Kier alpha value is -2.61. The van der Waals surface area contributed by atoms with E-state index in [0.29, 0.717) is 16.8 Å². The standard InChI is InChI=1S/C18H18F3N5/c1-24-7-9-25(10-8-24)16-5-6-22-17-15(12-23-26(16)17)13-3-2-4-14(11-13)18(19,20)21/h2-6,11-12H,7-10H2,1H3. The van der Waals surface area contributed by atoms with Crippen LogP contribution in [0.3, 0.4) is 0 Å². The second-order valence-corrected chi connectivity index (χ2v) is 6.47. The molecule has 1 aliphatic rings. The fourth-order valence-corrected chi connectivity index (χ4v) is 3.22. The normalized spacial score (nSPS) is 16.4. The molecule has 0 N–H and O–H groups in total. The fraction of sp³-hybridized carbons (Fsp3) is 0.333. The highest BCUT2D eigenvalue weighted by molar-refractivity contribution is 5.78. The molecule has 0 aliphatic carbocycles. The molecule has 136 valence electrons. The van der Waals surface area contributed by atoms with Gasteiger partial charge in [0.05, 0.1) is 11.8 Å². The van der Waals surface area contributed by atoms with Crippen LogP contribution in [0.2, 0.25) is 0 Å². The minimum Gasteiger partial charge on any atom is -0.354 e. The summed E-state index contributed by atoms with van der Waals surface area (Å²) in [4.78, 5) is 8.84. The Kier molecular flexibility index (Phi) is 4.07. The first kappa shape index (κ1) is 16.8. The van der Waals surface area contributed by atoms with Crippen LogP contribution in [0.25, 0.3) is 16.8 Å². The second kappa shape index (κ2) is 6.28. The van der Waals surface area contributed by atoms with E-state index < -0.39 is 11.7 Å². The van der Waals surface area contributed by atoms with Crippen molar-refractivity contribution in [2.45, 2.75) is 6.18 Å². The summed E-state index contributed by atoms with van der Waals surface area (Å²) in [6.07, 6.45) is -1.11. The Morgan fingerprint density at radius 2 is 1.81 bits per heavy atom. The number of nitrogens with zero attached hydrogens (tertiary/aromatic N) is 5. The molecular formula is C18H18F3N5. The van der Waals surface area contributed by atoms with Crippen molar-refractivity contribution in [3.05, 3.63) is 48.3 Å². The second-order valence-electron chi connectivity index (χ2n) is 6.47. The summed E-state index contributed by atoms with van der Waals surface area (Å²) in [5, 5.41) is 4.40. The summed E-state index contributed by atoms with van der Waals surface area (Å²) >= 11 is 0. The lowest BCUT2D eigenvalue weighted by Gasteiger charge is -2.33. The van der Waals surface area contributed by atoms with E-state index >= 15 is 0 Å². The first-order chi connectivity index (χ1) is 12.4. The van der Waals surface area contributed by atoms with Gasteiger partial charge in [-0.1, -0.05) is 12.1 Å². The van der Waals surface area contributed by atoms with E-state index in [4.69, 9.17) is 0 Å². The monoisotopic (exact) mass is 361 g/mol. The van der Waals surface area contributed by atoms with Crippen molar-refractivity contribution in [3.8, 4) is 11.1 Å². The highest BCUT2D eigenvalue weighted by Crippen LogP contribution is 2.33. The molecule has 1 fully saturated rings. The Morgan fingerprint density at radius 1 is 1.04 bits per heavy atom. The van der Waals surface area contributed by atoms with Gasteiger partial charge in [-0.15, -0.1) is 0 Å². The van der Waals surface area contributed by atoms with Crippen LogP contribution in [-0.2, 0) is 6.18 Å². The van der Waals surface area contributed by atoms with Gasteiger partial charge in [0.25, 0.3) is 0 Å². The quantitative estimate of drug-likeness (QED) is 0.703. The number of likely N-dealkylation sites (N-methyl/N-ethyl adjacent to an activating group) is 1. The number of halogens is 3. The van der Waals surface area contributed by atoms with Gasteiger partial charge in [0.15, 0.2) is 5.65 Å². The van der Waals surface area contributed by atoms with Crippen molar-refractivity contribution in [3.63, 3.8) is 0 Å². The van der Waals surface area contributed by atoms with Crippen LogP contribution in [0.15, 0.2) is 42.7 Å². The Labute approximate surface area is 148 Å². The van der Waals surface area contributed by atoms with Crippen LogP contribution in [0.4, 0.5) is 19.0 Å². The smallest absolute Gasteiger partial charge is 0.354 e. The first-order valence-corrected chi connectivity index (χ1v) is 8.37. The van der Waals surface area contributed by atoms with Gasteiger partial charge in [-0.05, 0) is 30.8 Å². The average Bonchev–Trinajstić information content (AvgIpc) is 3.06. The lowest BCUT2D eigenvalue weighted by atomic mass is 10.1. The SMILES string of the molecule is CN1CCN(c2ccnc3c(-c4cccc(C(F)(F)F)c4)cnn23)CC1. The number of anilines is 1. The molecular weight excluding hydrogens is 343 g/mol. The van der Waals surface area contributed by atoms with Gasteiger partial charge in [-0.3, -0.25) is 0 Å². The van der Waals surface area contributed by atoms with E-state index in [1.165, 1.54) is 6.07 Å². The predicted octanol–water partition coefficient (Wildman–Crippen LogP) is 3.17. The minimum atomic E-state index is -4.38. The summed E-state index contributed by atoms with van der Waals surface area (Å²) in [7, 11) is 2.08. The number of aromatic nitrogens is 3. The third-order valence-corrected chi connectivity index (χ3v) is 4.71. The van der Waals surface area contributed by atoms with Gasteiger partial charge in [-0.25, -0.2) is 4.98 Å². The molecule has 0 bridgehead atoms. The van der Waals surface area contributed by atoms with Gasteiger partial charge in [0.1, 0.15) is 5.82 Å². The molecule has 0 saturated carbocycles. The van der Waals surface area contributed by atoms with Crippen LogP contribution in [0, 0.1) is 0 Å². The van der Waals surface area contributed by atoms with E-state index in [9.17, 15) is 13.2 Å². The number of rotatable bonds is 2. The summed E-state index contributed by atoms with van der Waals surface area (Å²) in [5.41, 5.74) is 0.926. The maximum atomic E-state index is 13.0. The summed E-state index contributed by atoms with van der Waals surface area (Å²) in [6, 6.07) is 7.16. The number of alkyl halides is 3. The fourth-order valence-electron chi connectivity index (χ4n) is 3.22. The van der Waals surface area contributed by atoms with Crippen molar-refractivity contribution in [1.82, 2.24) is 19.5 Å². The molecule has 0 unspecified atom stereocenters. The van der Waals surface area contributed by atoms with Crippen LogP contribution in [0.1, 0.15) is 5.56 Å². The lowest BCUT2D eigenvalue weighted by molar-refractivity contribution is -0.137. The summed E-state index contributed by atoms with van der Waals surface area (Å²) in [6.45, 7) is 3.64. The van der Waals surface area contributed by atoms with E-state index in [1.807, 2.05) is 6.07 Å². The van der Waals surface area contributed by atoms with Gasteiger partial charge in [0, 0.05) is 37.9 Å². The predicted molar refractivity (Wildman–Crippen MR) is 93.1 cm³/mol. The maximum absolute atomic E-state index is 13.0. The van der Waals surface area contributed by atoms with Crippen molar-refractivity contribution < 1.29 is 13.2 Å². The zero-order chi connectivity index (χ0) is 18.3. The maximum Gasteiger partial charge on any atom is 0.416 e. The highest BCUT2D eigenvalue weighted by Gasteiger charge is 2.30. The Morgan fingerprint density at radius 3 is 2.54 bits per heavy atom. The molecule has 3 aromatic rings. The molecule has 4 rings (SSSR count). The van der Waals surface area contributed by atoms with Gasteiger partial charge < -0.3 is 9.80 Å². The molecule has 5 nitrogen and oxygen atoms in total. The van der Waals surface area contributed by atoms with Crippen LogP contribution >= 0.6 is 0 Å². The zero-order valence-electron chi connectivity index (χ0n) is 14.2. The van der Waals surface area contributed by atoms with Crippen molar-refractivity contribution in [2.75, 3.05) is 38.1 Å². The van der Waals surface area contributed by atoms with Crippen molar-refractivity contribution in [2.24, 2.45) is 0 Å². The topological polar surface area (TPSA) is 36.7 Å². The van der Waals surface area contributed by atoms with Crippen LogP contribution in [-0.4, -0.2) is 52.7 Å². The summed E-state index contributed by atoms with van der Waals surface area (Å²) < 4.78 is 40.8. The van der Waals surface area contributed by atoms with Crippen LogP contribution < -0.4 is 4.90 Å². The third-order valence-electron chi connectivity index (χ3n) is 4.71. The molecule has 2 aromatic heterocycles. The van der Waals surface area contributed by atoms with Crippen LogP contribution in [0.5, 0.6) is 0 Å². The van der Waals surface area contributed by atoms with E-state index in [2.05, 4.69) is 26.9 Å². The van der Waals surface area contributed by atoms with E-state index in [-0.39, 0.29) is 0 Å². The number of fused-ring (bicyclic) bond motifs is 1.